The molecule has 3 heterocycles. The van der Waals surface area contributed by atoms with Crippen LogP contribution in [0.5, 0.6) is 0 Å². The van der Waals surface area contributed by atoms with Crippen molar-refractivity contribution in [1.29, 1.82) is 0 Å². The molecule has 15 heteroatoms. The highest BCUT2D eigenvalue weighted by atomic mass is 16.6. The van der Waals surface area contributed by atoms with Crippen LogP contribution >= 0.6 is 0 Å². The highest BCUT2D eigenvalue weighted by Gasteiger charge is 2.45. The number of nitrogens with two attached hydrogens (primary N) is 1. The lowest BCUT2D eigenvalue weighted by Gasteiger charge is -2.29. The van der Waals surface area contributed by atoms with Crippen LogP contribution in [-0.4, -0.2) is 108 Å². The van der Waals surface area contributed by atoms with Gasteiger partial charge in [-0.25, -0.2) is 14.6 Å². The van der Waals surface area contributed by atoms with Gasteiger partial charge in [0.1, 0.15) is 30.3 Å². The number of ketones is 1. The van der Waals surface area contributed by atoms with Crippen molar-refractivity contribution in [3.05, 3.63) is 102 Å². The van der Waals surface area contributed by atoms with Crippen LogP contribution in [0.2, 0.25) is 0 Å². The molecule has 6 rings (SSSR count). The van der Waals surface area contributed by atoms with Crippen LogP contribution in [0.1, 0.15) is 53.9 Å². The minimum atomic E-state index is -1.15. The highest BCUT2D eigenvalue weighted by molar-refractivity contribution is 6.01. The van der Waals surface area contributed by atoms with Gasteiger partial charge in [0.15, 0.2) is 5.58 Å². The Morgan fingerprint density at radius 1 is 0.839 bits per heavy atom. The maximum Gasteiger partial charge on any atom is 0.410 e. The SMILES string of the molecule is NCCCC[C@H](NC(=O)[C@@H]1C[C@@H](OC(=O)N2CCOCC2)CN1C(=O)[C@@H](CCc1ccccc1)NC(=O)OCc1ccccc1)C(=O)c1nc2ccccc2o1. The third kappa shape index (κ3) is 10.7. The molecule has 15 nitrogen and oxygen atoms in total. The standard InChI is InChI=1S/C41H48N6O9/c42-20-10-9-16-32(36(48)38-44-31-15-7-8-17-35(31)56-38)43-37(49)34-25-30(55-41(52)46-21-23-53-24-22-46)26-47(34)39(50)33(19-18-28-11-3-1-4-12-28)45-40(51)54-27-29-13-5-2-6-14-29/h1-8,11-15,17,30,32-34H,9-10,16,18-27,42H2,(H,43,49)(H,45,51)/t30-,32+,33-,34+/m1/s1. The first-order valence-electron chi connectivity index (χ1n) is 19.0. The summed E-state index contributed by atoms with van der Waals surface area (Å²) in [6.45, 7) is 1.68. The first kappa shape index (κ1) is 39.9. The summed E-state index contributed by atoms with van der Waals surface area (Å²) in [5.74, 6) is -1.87. The summed E-state index contributed by atoms with van der Waals surface area (Å²) in [5.41, 5.74) is 8.38. The fourth-order valence-corrected chi connectivity index (χ4v) is 6.81. The Morgan fingerprint density at radius 3 is 2.25 bits per heavy atom. The molecule has 4 atom stereocenters. The number of oxazole rings is 1. The predicted octanol–water partition coefficient (Wildman–Crippen LogP) is 3.99. The summed E-state index contributed by atoms with van der Waals surface area (Å²) in [5, 5.41) is 5.58. The van der Waals surface area contributed by atoms with E-state index in [-0.39, 0.29) is 38.3 Å². The number of para-hydroxylation sites is 2. The number of morpholine rings is 1. The van der Waals surface area contributed by atoms with E-state index >= 15 is 0 Å². The van der Waals surface area contributed by atoms with Crippen LogP contribution in [0.25, 0.3) is 11.1 Å². The molecule has 56 heavy (non-hydrogen) atoms. The van der Waals surface area contributed by atoms with Crippen molar-refractivity contribution < 1.29 is 42.6 Å². The first-order chi connectivity index (χ1) is 27.3. The molecule has 2 fully saturated rings. The van der Waals surface area contributed by atoms with Gasteiger partial charge in [0.05, 0.1) is 25.8 Å². The molecular formula is C41H48N6O9. The van der Waals surface area contributed by atoms with Crippen LogP contribution in [0.3, 0.4) is 0 Å². The maximum atomic E-state index is 14.6. The molecule has 1 aromatic heterocycles. The summed E-state index contributed by atoms with van der Waals surface area (Å²) in [6, 6.07) is 22.3. The number of hydrogen-bond donors (Lipinski definition) is 3. The van der Waals surface area contributed by atoms with Crippen LogP contribution < -0.4 is 16.4 Å². The van der Waals surface area contributed by atoms with Gasteiger partial charge in [-0.3, -0.25) is 14.4 Å². The Hall–Kier alpha value is -5.80. The van der Waals surface area contributed by atoms with E-state index in [9.17, 15) is 24.0 Å². The zero-order valence-electron chi connectivity index (χ0n) is 31.2. The van der Waals surface area contributed by atoms with Gasteiger partial charge in [0, 0.05) is 19.5 Å². The molecule has 0 unspecified atom stereocenters. The number of carbonyl (C=O) groups excluding carboxylic acids is 5. The zero-order valence-corrected chi connectivity index (χ0v) is 31.2. The molecule has 4 amide bonds. The Labute approximate surface area is 324 Å². The lowest BCUT2D eigenvalue weighted by atomic mass is 10.0. The van der Waals surface area contributed by atoms with E-state index in [1.54, 1.807) is 24.3 Å². The molecule has 0 bridgehead atoms. The molecule has 0 radical (unpaired) electrons. The van der Waals surface area contributed by atoms with Crippen LogP contribution in [0.15, 0.2) is 89.3 Å². The minimum absolute atomic E-state index is 0.0137. The van der Waals surface area contributed by atoms with Crippen molar-refractivity contribution in [2.75, 3.05) is 39.4 Å². The van der Waals surface area contributed by atoms with Gasteiger partial charge in [-0.15, -0.1) is 0 Å². The fraction of sp³-hybridized carbons (Fsp3) is 0.415. The number of aromatic nitrogens is 1. The predicted molar refractivity (Wildman–Crippen MR) is 204 cm³/mol. The number of nitrogens with zero attached hydrogens (tertiary/aromatic N) is 3. The Kier molecular flexibility index (Phi) is 14.0. The summed E-state index contributed by atoms with van der Waals surface area (Å²) in [6.07, 6.45) is -0.292. The van der Waals surface area contributed by atoms with Gasteiger partial charge >= 0.3 is 12.2 Å². The second kappa shape index (κ2) is 19.7. The number of ether oxygens (including phenoxy) is 3. The van der Waals surface area contributed by atoms with Crippen molar-refractivity contribution in [1.82, 2.24) is 25.4 Å². The normalized spacial score (nSPS) is 17.9. The lowest BCUT2D eigenvalue weighted by Crippen LogP contribution is -2.55. The number of rotatable bonds is 16. The first-order valence-corrected chi connectivity index (χ1v) is 19.0. The molecule has 296 valence electrons. The van der Waals surface area contributed by atoms with Crippen LogP contribution in [-0.2, 0) is 36.8 Å². The van der Waals surface area contributed by atoms with Crippen molar-refractivity contribution in [2.45, 2.75) is 69.4 Å². The van der Waals surface area contributed by atoms with Gasteiger partial charge in [-0.1, -0.05) is 72.8 Å². The van der Waals surface area contributed by atoms with Crippen LogP contribution in [0, 0.1) is 0 Å². The number of carbonyl (C=O) groups is 5. The Morgan fingerprint density at radius 2 is 1.54 bits per heavy atom. The largest absolute Gasteiger partial charge is 0.445 e. The number of fused-ring (bicyclic) bond motifs is 1. The van der Waals surface area contributed by atoms with E-state index in [0.29, 0.717) is 63.2 Å². The van der Waals surface area contributed by atoms with E-state index in [1.165, 1.54) is 9.80 Å². The second-order valence-corrected chi connectivity index (χ2v) is 13.8. The van der Waals surface area contributed by atoms with Gasteiger partial charge in [-0.2, -0.15) is 0 Å². The van der Waals surface area contributed by atoms with E-state index in [2.05, 4.69) is 15.6 Å². The minimum Gasteiger partial charge on any atom is -0.445 e. The van der Waals surface area contributed by atoms with Gasteiger partial charge in [0.2, 0.25) is 17.6 Å². The summed E-state index contributed by atoms with van der Waals surface area (Å²) in [4.78, 5) is 76.3. The number of nitrogens with one attached hydrogen (secondary N) is 2. The molecule has 0 aliphatic carbocycles. The van der Waals surface area contributed by atoms with Gasteiger partial charge in [-0.05, 0) is 61.9 Å². The summed E-state index contributed by atoms with van der Waals surface area (Å²) >= 11 is 0. The van der Waals surface area contributed by atoms with Crippen molar-refractivity contribution in [2.24, 2.45) is 5.73 Å². The zero-order chi connectivity index (χ0) is 39.3. The number of unbranched alkanes of at least 4 members (excludes halogenated alkanes) is 1. The van der Waals surface area contributed by atoms with E-state index in [1.807, 2.05) is 60.7 Å². The average molecular weight is 769 g/mol. The highest BCUT2D eigenvalue weighted by Crippen LogP contribution is 2.25. The van der Waals surface area contributed by atoms with Gasteiger partial charge < -0.3 is 44.8 Å². The Balaban J connectivity index is 1.23. The van der Waals surface area contributed by atoms with Crippen molar-refractivity contribution in [3.8, 4) is 0 Å². The molecule has 2 aliphatic heterocycles. The number of benzene rings is 3. The van der Waals surface area contributed by atoms with E-state index in [0.717, 1.165) is 11.1 Å². The molecule has 2 aliphatic rings. The lowest BCUT2D eigenvalue weighted by molar-refractivity contribution is -0.140. The number of alkyl carbamates (subject to hydrolysis) is 1. The average Bonchev–Trinajstić information content (AvgIpc) is 3.87. The third-order valence-electron chi connectivity index (χ3n) is 9.84. The number of likely N-dealkylation sites (tertiary alicyclic amines) is 1. The summed E-state index contributed by atoms with van der Waals surface area (Å²) < 4.78 is 22.5. The van der Waals surface area contributed by atoms with Crippen molar-refractivity contribution >= 4 is 40.9 Å². The summed E-state index contributed by atoms with van der Waals surface area (Å²) in [7, 11) is 0. The molecule has 4 N–H and O–H groups in total. The smallest absolute Gasteiger partial charge is 0.410 e. The molecule has 4 aromatic rings. The molecule has 2 saturated heterocycles. The second-order valence-electron chi connectivity index (χ2n) is 13.8. The maximum absolute atomic E-state index is 14.6. The molecule has 3 aromatic carbocycles. The Bertz CT molecular complexity index is 1900. The fourth-order valence-electron chi connectivity index (χ4n) is 6.81. The third-order valence-corrected chi connectivity index (χ3v) is 9.84. The molecule has 0 spiro atoms. The topological polar surface area (TPSA) is 196 Å². The number of aryl methyl sites for hydroxylation is 1. The molecular weight excluding hydrogens is 720 g/mol. The van der Waals surface area contributed by atoms with E-state index in [4.69, 9.17) is 24.4 Å². The number of Topliss-reactive ketones (excluding diaryl/α,β-unsaturated/α-hetero) is 1. The number of amides is 4. The van der Waals surface area contributed by atoms with Crippen LogP contribution in [0.4, 0.5) is 9.59 Å². The number of hydrogen-bond acceptors (Lipinski definition) is 11. The monoisotopic (exact) mass is 768 g/mol. The van der Waals surface area contributed by atoms with Crippen molar-refractivity contribution in [3.63, 3.8) is 0 Å². The van der Waals surface area contributed by atoms with E-state index < -0.39 is 54.0 Å². The molecule has 0 saturated carbocycles. The van der Waals surface area contributed by atoms with Gasteiger partial charge in [0.25, 0.3) is 5.89 Å². The quantitative estimate of drug-likeness (QED) is 0.110.